The van der Waals surface area contributed by atoms with Crippen LogP contribution in [0.5, 0.6) is 0 Å². The number of rotatable bonds is 3. The Balaban J connectivity index is 3.11. The van der Waals surface area contributed by atoms with Gasteiger partial charge in [-0.2, -0.15) is 0 Å². The molecule has 2 heteroatoms. The molecule has 1 nitrogen and oxygen atoms in total. The molecule has 0 rings (SSSR count). The molecular weight excluding hydrogens is 118 g/mol. The van der Waals surface area contributed by atoms with E-state index in [9.17, 15) is 0 Å². The lowest BCUT2D eigenvalue weighted by molar-refractivity contribution is -0.726. The van der Waals surface area contributed by atoms with Crippen LogP contribution in [0.2, 0.25) is 0 Å². The van der Waals surface area contributed by atoms with Crippen molar-refractivity contribution < 1.29 is 3.89 Å². The molecule has 0 aliphatic carbocycles. The van der Waals surface area contributed by atoms with Crippen molar-refractivity contribution in [2.75, 3.05) is 26.9 Å². The maximum absolute atomic E-state index is 2.21. The van der Waals surface area contributed by atoms with Crippen LogP contribution in [0.25, 0.3) is 0 Å². The summed E-state index contributed by atoms with van der Waals surface area (Å²) >= 11 is 1.97. The zero-order chi connectivity index (χ0) is 6.62. The number of quaternary nitrogens is 1. The van der Waals surface area contributed by atoms with Crippen molar-refractivity contribution in [1.29, 1.82) is 0 Å². The first kappa shape index (κ1) is 8.31. The van der Waals surface area contributed by atoms with Crippen LogP contribution in [0.4, 0.5) is 0 Å². The normalized spacial score (nSPS) is 12.0. The maximum Gasteiger partial charge on any atom is 0.0783 e. The predicted octanol–water partition coefficient (Wildman–Crippen LogP) is 1.75. The Hall–Kier alpha value is 0.310. The maximum atomic E-state index is 2.21. The van der Waals surface area contributed by atoms with Gasteiger partial charge in [-0.1, -0.05) is 6.92 Å². The van der Waals surface area contributed by atoms with E-state index in [-0.39, 0.29) is 0 Å². The second kappa shape index (κ2) is 3.36. The Labute approximate surface area is 56.8 Å². The van der Waals surface area contributed by atoms with Gasteiger partial charge in [0.1, 0.15) is 0 Å². The molecule has 8 heavy (non-hydrogen) atoms. The molecule has 0 amide bonds. The van der Waals surface area contributed by atoms with E-state index >= 15 is 0 Å². The van der Waals surface area contributed by atoms with Crippen molar-refractivity contribution in [3.63, 3.8) is 0 Å². The zero-order valence-electron chi connectivity index (χ0n) is 6.27. The lowest BCUT2D eigenvalue weighted by atomic mass is 10.6. The summed E-state index contributed by atoms with van der Waals surface area (Å²) < 4.78 is 1.02. The van der Waals surface area contributed by atoms with Gasteiger partial charge < -0.3 is 0 Å². The summed E-state index contributed by atoms with van der Waals surface area (Å²) in [6.07, 6.45) is 1.28. The van der Waals surface area contributed by atoms with Crippen LogP contribution in [0.1, 0.15) is 13.3 Å². The van der Waals surface area contributed by atoms with Crippen LogP contribution in [-0.2, 0) is 0 Å². The monoisotopic (exact) mass is 134 g/mol. The fraction of sp³-hybridized carbons (Fsp3) is 1.00. The fourth-order valence-corrected chi connectivity index (χ4v) is 1.10. The summed E-state index contributed by atoms with van der Waals surface area (Å²) in [5.74, 6) is 1.27. The molecule has 0 bridgehead atoms. The van der Waals surface area contributed by atoms with E-state index in [1.54, 1.807) is 0 Å². The first-order valence-electron chi connectivity index (χ1n) is 3.02. The summed E-state index contributed by atoms with van der Waals surface area (Å²) in [6, 6.07) is 0. The van der Waals surface area contributed by atoms with Crippen molar-refractivity contribution >= 4 is 11.9 Å². The van der Waals surface area contributed by atoms with Gasteiger partial charge in [0, 0.05) is 5.75 Å². The third kappa shape index (κ3) is 6.31. The van der Waals surface area contributed by atoms with Crippen molar-refractivity contribution in [1.82, 2.24) is 0 Å². The summed E-state index contributed by atoms with van der Waals surface area (Å²) in [5, 5.41) is 0. The smallest absolute Gasteiger partial charge is 0.0783 e. The second-order valence-corrected chi connectivity index (χ2v) is 4.48. The van der Waals surface area contributed by atoms with Crippen molar-refractivity contribution in [3.05, 3.63) is 0 Å². The molecule has 0 aromatic heterocycles. The molecule has 0 aliphatic heterocycles. The third-order valence-corrected chi connectivity index (χ3v) is 2.05. The van der Waals surface area contributed by atoms with Crippen LogP contribution >= 0.6 is 11.9 Å². The molecule has 0 unspecified atom stereocenters. The number of nitrogens with zero attached hydrogens (tertiary/aromatic N) is 1. The van der Waals surface area contributed by atoms with Crippen molar-refractivity contribution in [2.24, 2.45) is 0 Å². The molecule has 0 radical (unpaired) electrons. The van der Waals surface area contributed by atoms with Crippen molar-refractivity contribution in [3.8, 4) is 0 Å². The highest BCUT2D eigenvalue weighted by Crippen LogP contribution is 2.12. The van der Waals surface area contributed by atoms with Crippen LogP contribution < -0.4 is 0 Å². The molecule has 0 aliphatic rings. The van der Waals surface area contributed by atoms with E-state index in [1.807, 2.05) is 11.9 Å². The van der Waals surface area contributed by atoms with Crippen LogP contribution in [-0.4, -0.2) is 30.8 Å². The van der Waals surface area contributed by atoms with Crippen molar-refractivity contribution in [2.45, 2.75) is 13.3 Å². The zero-order valence-corrected chi connectivity index (χ0v) is 7.09. The van der Waals surface area contributed by atoms with E-state index in [1.165, 1.54) is 12.2 Å². The first-order valence-corrected chi connectivity index (χ1v) is 3.96. The molecule has 0 heterocycles. The van der Waals surface area contributed by atoms with Gasteiger partial charge >= 0.3 is 0 Å². The molecule has 50 valence electrons. The predicted molar refractivity (Wildman–Crippen MR) is 40.8 cm³/mol. The van der Waals surface area contributed by atoms with Gasteiger partial charge in [-0.25, -0.2) is 0 Å². The largest absolute Gasteiger partial charge is 0.269 e. The minimum Gasteiger partial charge on any atom is -0.269 e. The van der Waals surface area contributed by atoms with Crippen LogP contribution in [0.15, 0.2) is 0 Å². The highest BCUT2D eigenvalue weighted by Gasteiger charge is 2.05. The van der Waals surface area contributed by atoms with Gasteiger partial charge in [0.25, 0.3) is 0 Å². The lowest BCUT2D eigenvalue weighted by Gasteiger charge is -2.19. The van der Waals surface area contributed by atoms with Gasteiger partial charge in [-0.15, -0.1) is 0 Å². The van der Waals surface area contributed by atoms with E-state index in [0.29, 0.717) is 0 Å². The molecule has 0 saturated carbocycles. The fourth-order valence-electron chi connectivity index (χ4n) is 0.365. The molecule has 0 atom stereocenters. The Bertz CT molecular complexity index is 56.0. The molecule has 0 aromatic rings. The van der Waals surface area contributed by atoms with E-state index < -0.39 is 0 Å². The molecule has 0 aromatic carbocycles. The van der Waals surface area contributed by atoms with E-state index in [4.69, 9.17) is 0 Å². The van der Waals surface area contributed by atoms with Gasteiger partial charge in [-0.3, -0.25) is 3.89 Å². The van der Waals surface area contributed by atoms with Crippen LogP contribution in [0.3, 0.4) is 0 Å². The molecular formula is C6H16NS+. The number of hydrogen-bond acceptors (Lipinski definition) is 1. The summed E-state index contributed by atoms with van der Waals surface area (Å²) in [4.78, 5) is 0. The average molecular weight is 134 g/mol. The summed E-state index contributed by atoms with van der Waals surface area (Å²) in [7, 11) is 6.58. The average Bonchev–Trinajstić information content (AvgIpc) is 1.59. The lowest BCUT2D eigenvalue weighted by Crippen LogP contribution is -2.25. The Morgan fingerprint density at radius 2 is 1.75 bits per heavy atom. The van der Waals surface area contributed by atoms with E-state index in [0.717, 1.165) is 3.89 Å². The van der Waals surface area contributed by atoms with Crippen LogP contribution in [0, 0.1) is 0 Å². The molecule has 0 fully saturated rings. The minimum atomic E-state index is 1.02. The van der Waals surface area contributed by atoms with Gasteiger partial charge in [0.2, 0.25) is 0 Å². The SMILES string of the molecule is CCCS[N+](C)(C)C. The minimum absolute atomic E-state index is 1.02. The molecule has 0 spiro atoms. The van der Waals surface area contributed by atoms with Gasteiger partial charge in [0.15, 0.2) is 0 Å². The summed E-state index contributed by atoms with van der Waals surface area (Å²) in [5.41, 5.74) is 0. The molecule has 0 N–H and O–H groups in total. The standard InChI is InChI=1S/C6H16NS/c1-5-6-8-7(2,3)4/h5-6H2,1-4H3/q+1. The van der Waals surface area contributed by atoms with E-state index in [2.05, 4.69) is 28.1 Å². The topological polar surface area (TPSA) is 0 Å². The Morgan fingerprint density at radius 1 is 1.25 bits per heavy atom. The van der Waals surface area contributed by atoms with Gasteiger partial charge in [-0.05, 0) is 6.42 Å². The summed E-state index contributed by atoms with van der Waals surface area (Å²) in [6.45, 7) is 2.21. The second-order valence-electron chi connectivity index (χ2n) is 2.72. The third-order valence-electron chi connectivity index (χ3n) is 0.683. The van der Waals surface area contributed by atoms with Gasteiger partial charge in [0.05, 0.1) is 33.1 Å². The Kier molecular flexibility index (Phi) is 3.49. The Morgan fingerprint density at radius 3 is 1.88 bits per heavy atom. The molecule has 0 saturated heterocycles. The number of hydrogen-bond donors (Lipinski definition) is 0. The highest BCUT2D eigenvalue weighted by molar-refractivity contribution is 7.93. The highest BCUT2D eigenvalue weighted by atomic mass is 32.2. The first-order chi connectivity index (χ1) is 3.56. The quantitative estimate of drug-likeness (QED) is 0.418.